The van der Waals surface area contributed by atoms with Gasteiger partial charge in [-0.15, -0.1) is 0 Å². The highest BCUT2D eigenvalue weighted by molar-refractivity contribution is 6.14. The van der Waals surface area contributed by atoms with E-state index in [-0.39, 0.29) is 11.8 Å². The number of hydrogen-bond acceptors (Lipinski definition) is 3. The minimum absolute atomic E-state index is 0.331. The molecule has 1 fully saturated rings. The second kappa shape index (κ2) is 8.68. The van der Waals surface area contributed by atoms with Crippen molar-refractivity contribution in [3.63, 3.8) is 0 Å². The van der Waals surface area contributed by atoms with Crippen molar-refractivity contribution in [1.82, 2.24) is 0 Å². The monoisotopic (exact) mass is 393 g/mol. The van der Waals surface area contributed by atoms with Gasteiger partial charge in [0.25, 0.3) is 0 Å². The van der Waals surface area contributed by atoms with E-state index in [0.717, 1.165) is 24.6 Å². The molecule has 2 N–H and O–H groups in total. The fourth-order valence-electron chi connectivity index (χ4n) is 3.42. The number of rotatable bonds is 5. The SMILES string of the molecule is Cc1cccc(NC(=O)C(C)(C)C(=O)Nc2ccc(N3CCC(C)CC3)cc2)c1. The molecule has 1 saturated heterocycles. The summed E-state index contributed by atoms with van der Waals surface area (Å²) in [5.41, 5.74) is 2.40. The number of aryl methyl sites for hydroxylation is 1. The Kier molecular flexibility index (Phi) is 6.26. The van der Waals surface area contributed by atoms with Crippen molar-refractivity contribution in [3.8, 4) is 0 Å². The van der Waals surface area contributed by atoms with Gasteiger partial charge in [0.2, 0.25) is 11.8 Å². The quantitative estimate of drug-likeness (QED) is 0.715. The summed E-state index contributed by atoms with van der Waals surface area (Å²) in [5, 5.41) is 5.72. The van der Waals surface area contributed by atoms with Crippen molar-refractivity contribution in [2.45, 2.75) is 40.5 Å². The number of anilines is 3. The summed E-state index contributed by atoms with van der Waals surface area (Å²) in [7, 11) is 0. The molecule has 2 aromatic carbocycles. The summed E-state index contributed by atoms with van der Waals surface area (Å²) >= 11 is 0. The summed E-state index contributed by atoms with van der Waals surface area (Å²) in [6.07, 6.45) is 2.42. The van der Waals surface area contributed by atoms with Gasteiger partial charge >= 0.3 is 0 Å². The van der Waals surface area contributed by atoms with Crippen LogP contribution in [0.4, 0.5) is 17.1 Å². The Balaban J connectivity index is 1.61. The third kappa shape index (κ3) is 5.17. The average Bonchev–Trinajstić information content (AvgIpc) is 2.69. The molecule has 1 aliphatic heterocycles. The first-order valence-corrected chi connectivity index (χ1v) is 10.3. The molecule has 0 saturated carbocycles. The van der Waals surface area contributed by atoms with Crippen LogP contribution in [0.25, 0.3) is 0 Å². The van der Waals surface area contributed by atoms with Gasteiger partial charge in [-0.25, -0.2) is 0 Å². The molecule has 5 heteroatoms. The van der Waals surface area contributed by atoms with Crippen LogP contribution >= 0.6 is 0 Å². The molecule has 0 aliphatic carbocycles. The maximum atomic E-state index is 12.8. The van der Waals surface area contributed by atoms with Crippen LogP contribution in [0.3, 0.4) is 0 Å². The highest BCUT2D eigenvalue weighted by Gasteiger charge is 2.36. The maximum absolute atomic E-state index is 12.8. The van der Waals surface area contributed by atoms with Gasteiger partial charge in [0.1, 0.15) is 5.41 Å². The van der Waals surface area contributed by atoms with E-state index in [1.165, 1.54) is 18.5 Å². The number of carbonyl (C=O) groups excluding carboxylic acids is 2. The van der Waals surface area contributed by atoms with Crippen LogP contribution in [0.1, 0.15) is 39.2 Å². The van der Waals surface area contributed by atoms with Crippen molar-refractivity contribution in [2.24, 2.45) is 11.3 Å². The van der Waals surface area contributed by atoms with Gasteiger partial charge in [-0.1, -0.05) is 19.1 Å². The lowest BCUT2D eigenvalue weighted by molar-refractivity contribution is -0.135. The normalized spacial score (nSPS) is 15.1. The Bertz CT molecular complexity index is 866. The molecule has 0 unspecified atom stereocenters. The van der Waals surface area contributed by atoms with E-state index >= 15 is 0 Å². The number of nitrogens with zero attached hydrogens (tertiary/aromatic N) is 1. The van der Waals surface area contributed by atoms with Crippen molar-refractivity contribution in [3.05, 3.63) is 54.1 Å². The van der Waals surface area contributed by atoms with Gasteiger partial charge in [-0.2, -0.15) is 0 Å². The lowest BCUT2D eigenvalue weighted by atomic mass is 9.90. The molecule has 1 heterocycles. The van der Waals surface area contributed by atoms with Gasteiger partial charge in [0.05, 0.1) is 0 Å². The van der Waals surface area contributed by atoms with Crippen LogP contribution in [0.2, 0.25) is 0 Å². The zero-order chi connectivity index (χ0) is 21.0. The number of amides is 2. The van der Waals surface area contributed by atoms with E-state index in [2.05, 4.69) is 22.5 Å². The summed E-state index contributed by atoms with van der Waals surface area (Å²) in [4.78, 5) is 27.8. The number of carbonyl (C=O) groups is 2. The number of nitrogens with one attached hydrogen (secondary N) is 2. The van der Waals surface area contributed by atoms with Crippen molar-refractivity contribution in [2.75, 3.05) is 28.6 Å². The molecule has 0 spiro atoms. The lowest BCUT2D eigenvalue weighted by Gasteiger charge is -2.32. The van der Waals surface area contributed by atoms with Gasteiger partial charge in [0, 0.05) is 30.2 Å². The van der Waals surface area contributed by atoms with E-state index in [0.29, 0.717) is 11.4 Å². The molecular weight excluding hydrogens is 362 g/mol. The minimum atomic E-state index is -1.20. The van der Waals surface area contributed by atoms with E-state index in [4.69, 9.17) is 0 Å². The van der Waals surface area contributed by atoms with E-state index in [1.54, 1.807) is 13.8 Å². The van der Waals surface area contributed by atoms with Gasteiger partial charge in [-0.3, -0.25) is 9.59 Å². The summed E-state index contributed by atoms with van der Waals surface area (Å²) in [6.45, 7) is 9.67. The Labute approximate surface area is 173 Å². The number of benzene rings is 2. The van der Waals surface area contributed by atoms with Crippen LogP contribution < -0.4 is 15.5 Å². The molecule has 1 aliphatic rings. The van der Waals surface area contributed by atoms with Gasteiger partial charge in [0.15, 0.2) is 0 Å². The van der Waals surface area contributed by atoms with Crippen LogP contribution in [0.5, 0.6) is 0 Å². The Hall–Kier alpha value is -2.82. The summed E-state index contributed by atoms with van der Waals surface area (Å²) in [6, 6.07) is 15.4. The predicted octanol–water partition coefficient (Wildman–Crippen LogP) is 4.83. The van der Waals surface area contributed by atoms with E-state index < -0.39 is 5.41 Å². The first kappa shape index (κ1) is 20.9. The fraction of sp³-hybridized carbons (Fsp3) is 0.417. The molecular formula is C24H31N3O2. The first-order valence-electron chi connectivity index (χ1n) is 10.3. The summed E-state index contributed by atoms with van der Waals surface area (Å²) in [5.74, 6) is 0.125. The smallest absolute Gasteiger partial charge is 0.239 e. The predicted molar refractivity (Wildman–Crippen MR) is 119 cm³/mol. The highest BCUT2D eigenvalue weighted by atomic mass is 16.2. The first-order chi connectivity index (χ1) is 13.8. The van der Waals surface area contributed by atoms with Crippen LogP contribution in [-0.4, -0.2) is 24.9 Å². The largest absolute Gasteiger partial charge is 0.372 e. The minimum Gasteiger partial charge on any atom is -0.372 e. The van der Waals surface area contributed by atoms with Crippen molar-refractivity contribution in [1.29, 1.82) is 0 Å². The molecule has 0 radical (unpaired) electrons. The van der Waals surface area contributed by atoms with Crippen LogP contribution in [0.15, 0.2) is 48.5 Å². The van der Waals surface area contributed by atoms with Crippen LogP contribution in [0, 0.1) is 18.3 Å². The third-order valence-corrected chi connectivity index (χ3v) is 5.69. The molecule has 3 rings (SSSR count). The van der Waals surface area contributed by atoms with Gasteiger partial charge < -0.3 is 15.5 Å². The summed E-state index contributed by atoms with van der Waals surface area (Å²) < 4.78 is 0. The standard InChI is InChI=1S/C24H31N3O2/c1-17-12-14-27(15-13-17)21-10-8-19(9-11-21)25-22(28)24(3,4)23(29)26-20-7-5-6-18(2)16-20/h5-11,16-17H,12-15H2,1-4H3,(H,25,28)(H,26,29). The highest BCUT2D eigenvalue weighted by Crippen LogP contribution is 2.26. The Morgan fingerprint density at radius 2 is 1.52 bits per heavy atom. The van der Waals surface area contributed by atoms with Gasteiger partial charge in [-0.05, 0) is 81.5 Å². The molecule has 2 amide bonds. The molecule has 0 bridgehead atoms. The average molecular weight is 394 g/mol. The zero-order valence-electron chi connectivity index (χ0n) is 17.8. The Morgan fingerprint density at radius 3 is 2.10 bits per heavy atom. The lowest BCUT2D eigenvalue weighted by Crippen LogP contribution is -2.41. The topological polar surface area (TPSA) is 61.4 Å². The van der Waals surface area contributed by atoms with Crippen molar-refractivity contribution < 1.29 is 9.59 Å². The second-order valence-electron chi connectivity index (χ2n) is 8.62. The Morgan fingerprint density at radius 1 is 0.931 bits per heavy atom. The molecule has 5 nitrogen and oxygen atoms in total. The molecule has 0 aromatic heterocycles. The van der Waals surface area contributed by atoms with E-state index in [1.807, 2.05) is 55.5 Å². The molecule has 154 valence electrons. The number of piperidine rings is 1. The third-order valence-electron chi connectivity index (χ3n) is 5.69. The molecule has 29 heavy (non-hydrogen) atoms. The molecule has 2 aromatic rings. The number of hydrogen-bond donors (Lipinski definition) is 2. The zero-order valence-corrected chi connectivity index (χ0v) is 17.8. The van der Waals surface area contributed by atoms with Crippen LogP contribution in [-0.2, 0) is 9.59 Å². The maximum Gasteiger partial charge on any atom is 0.239 e. The molecule has 0 atom stereocenters. The van der Waals surface area contributed by atoms with Crippen molar-refractivity contribution >= 4 is 28.9 Å². The fourth-order valence-corrected chi connectivity index (χ4v) is 3.42. The second-order valence-corrected chi connectivity index (χ2v) is 8.62. The van der Waals surface area contributed by atoms with E-state index in [9.17, 15) is 9.59 Å².